The summed E-state index contributed by atoms with van der Waals surface area (Å²) in [6, 6.07) is 0. The summed E-state index contributed by atoms with van der Waals surface area (Å²) in [4.78, 5) is 50.2. The van der Waals surface area contributed by atoms with Gasteiger partial charge in [0, 0.05) is 25.2 Å². The maximum Gasteiger partial charge on any atom is 0.306 e. The molecule has 1 rings (SSSR count). The van der Waals surface area contributed by atoms with Gasteiger partial charge in [0.1, 0.15) is 25.5 Å². The average molecular weight is 802 g/mol. The van der Waals surface area contributed by atoms with Crippen LogP contribution in [0.15, 0.2) is 24.3 Å². The van der Waals surface area contributed by atoms with Crippen LogP contribution in [0.1, 0.15) is 149 Å². The number of hydrogen-bond donors (Lipinski definition) is 2. The van der Waals surface area contributed by atoms with E-state index in [1.807, 2.05) is 21.1 Å². The van der Waals surface area contributed by atoms with Gasteiger partial charge >= 0.3 is 11.9 Å². The van der Waals surface area contributed by atoms with Crippen molar-refractivity contribution in [2.45, 2.75) is 167 Å². The van der Waals surface area contributed by atoms with Crippen LogP contribution in [-0.2, 0) is 37.5 Å². The molecule has 55 heavy (non-hydrogen) atoms. The molecule has 1 aliphatic rings. The minimum absolute atomic E-state index is 0.00218. The second-order valence-corrected chi connectivity index (χ2v) is 17.5. The minimum Gasteiger partial charge on any atom is -0.756 e. The first kappa shape index (κ1) is 51.1. The van der Waals surface area contributed by atoms with E-state index >= 15 is 0 Å². The van der Waals surface area contributed by atoms with Crippen LogP contribution in [0.25, 0.3) is 0 Å². The zero-order valence-corrected chi connectivity index (χ0v) is 35.7. The second kappa shape index (κ2) is 30.2. The van der Waals surface area contributed by atoms with Crippen LogP contribution in [0, 0.1) is 11.8 Å². The highest BCUT2D eigenvalue weighted by atomic mass is 31.2. The van der Waals surface area contributed by atoms with Gasteiger partial charge in [0.05, 0.1) is 40.0 Å². The van der Waals surface area contributed by atoms with Crippen molar-refractivity contribution in [2.24, 2.45) is 11.8 Å². The van der Waals surface area contributed by atoms with E-state index in [1.165, 1.54) is 12.8 Å². The van der Waals surface area contributed by atoms with Gasteiger partial charge in [-0.2, -0.15) is 0 Å². The van der Waals surface area contributed by atoms with Crippen molar-refractivity contribution in [3.63, 3.8) is 0 Å². The number of phosphoric acid groups is 1. The van der Waals surface area contributed by atoms with Crippen LogP contribution < -0.4 is 4.89 Å². The number of Topliss-reactive ketones (excluding diaryl/α,β-unsaturated/α-hetero) is 1. The first-order valence-electron chi connectivity index (χ1n) is 21.1. The van der Waals surface area contributed by atoms with Crippen molar-refractivity contribution < 1.29 is 57.1 Å². The summed E-state index contributed by atoms with van der Waals surface area (Å²) < 4.78 is 33.8. The van der Waals surface area contributed by atoms with Crippen LogP contribution in [0.4, 0.5) is 0 Å². The number of hydrogen-bond acceptors (Lipinski definition) is 11. The lowest BCUT2D eigenvalue weighted by Crippen LogP contribution is -2.37. The molecule has 0 aromatic heterocycles. The molecule has 320 valence electrons. The van der Waals surface area contributed by atoms with Crippen molar-refractivity contribution in [2.75, 3.05) is 47.5 Å². The number of allylic oxidation sites excluding steroid dienone is 3. The van der Waals surface area contributed by atoms with Crippen LogP contribution in [0.3, 0.4) is 0 Å². The normalized spacial score (nSPS) is 19.9. The molecule has 0 aromatic rings. The lowest BCUT2D eigenvalue weighted by Gasteiger charge is -2.28. The molecule has 0 amide bonds. The number of unbranched alkanes of at least 4 members (excludes halogenated alkanes) is 12. The molecule has 6 atom stereocenters. The topological polar surface area (TPSA) is 169 Å². The zero-order valence-electron chi connectivity index (χ0n) is 34.8. The highest BCUT2D eigenvalue weighted by Crippen LogP contribution is 2.38. The van der Waals surface area contributed by atoms with Crippen molar-refractivity contribution >= 4 is 25.5 Å². The molecule has 1 aliphatic carbocycles. The third-order valence-corrected chi connectivity index (χ3v) is 10.8. The SMILES string of the molecule is CCCC/C=C\CCCCCCCC(=O)OC[C@H](COP(=O)([O-])OCC[N+](C)(C)C)OC(=O)CCCCCC[C@H]1[C@@H](O)CC(=O)[C@@H]1/C=C/[C@@H](O)CCCCC. The van der Waals surface area contributed by atoms with Crippen LogP contribution in [0.2, 0.25) is 0 Å². The van der Waals surface area contributed by atoms with Gasteiger partial charge in [-0.05, 0) is 50.9 Å². The fourth-order valence-electron chi connectivity index (χ4n) is 6.42. The Morgan fingerprint density at radius 1 is 0.855 bits per heavy atom. The molecule has 0 aromatic carbocycles. The quantitative estimate of drug-likeness (QED) is 0.0217. The van der Waals surface area contributed by atoms with Crippen molar-refractivity contribution in [1.82, 2.24) is 0 Å². The Bertz CT molecular complexity index is 1150. The molecule has 0 aliphatic heterocycles. The average Bonchev–Trinajstić information content (AvgIpc) is 3.39. The summed E-state index contributed by atoms with van der Waals surface area (Å²) in [6.45, 7) is 3.78. The van der Waals surface area contributed by atoms with Crippen LogP contribution >= 0.6 is 7.82 Å². The van der Waals surface area contributed by atoms with Gasteiger partial charge in [0.15, 0.2) is 6.10 Å². The van der Waals surface area contributed by atoms with Gasteiger partial charge < -0.3 is 38.1 Å². The molecular formula is C42H76NO11P. The highest BCUT2D eigenvalue weighted by molar-refractivity contribution is 7.45. The van der Waals surface area contributed by atoms with E-state index in [2.05, 4.69) is 26.0 Å². The molecule has 12 nitrogen and oxygen atoms in total. The first-order chi connectivity index (χ1) is 26.2. The van der Waals surface area contributed by atoms with E-state index in [4.69, 9.17) is 18.5 Å². The standard InChI is InChI=1S/C42H76NO11P/c1-6-8-10-11-12-13-14-15-16-17-22-26-41(47)51-33-36(34-53-55(49,50)52-31-30-43(3,4)5)54-42(48)27-23-19-18-21-25-37-38(40(46)32-39(37)45)29-28-35(44)24-20-9-7-2/h11-12,28-29,35-39,44-45H,6-10,13-27,30-34H2,1-5H3/b12-11-,29-28+/t35-,36+,37+,38+,39-/m0/s1. The number of rotatable bonds is 34. The number of carbonyl (C=O) groups is 3. The molecule has 13 heteroatoms. The molecule has 1 fully saturated rings. The molecule has 0 saturated heterocycles. The Hall–Kier alpha value is -1.92. The number of ether oxygens (including phenoxy) is 2. The monoisotopic (exact) mass is 802 g/mol. The molecule has 1 saturated carbocycles. The van der Waals surface area contributed by atoms with Gasteiger partial charge in [-0.1, -0.05) is 109 Å². The lowest BCUT2D eigenvalue weighted by molar-refractivity contribution is -0.870. The summed E-state index contributed by atoms with van der Waals surface area (Å²) in [6.07, 6.45) is 22.6. The van der Waals surface area contributed by atoms with Gasteiger partial charge in [-0.15, -0.1) is 0 Å². The number of carbonyl (C=O) groups excluding carboxylic acids is 3. The zero-order chi connectivity index (χ0) is 41.0. The number of ketones is 1. The molecule has 0 bridgehead atoms. The Balaban J connectivity index is 2.52. The maximum atomic E-state index is 12.8. The summed E-state index contributed by atoms with van der Waals surface area (Å²) in [5.74, 6) is -1.60. The van der Waals surface area contributed by atoms with Gasteiger partial charge in [0.2, 0.25) is 0 Å². The largest absolute Gasteiger partial charge is 0.756 e. The van der Waals surface area contributed by atoms with Gasteiger partial charge in [0.25, 0.3) is 7.82 Å². The van der Waals surface area contributed by atoms with Crippen molar-refractivity contribution in [3.8, 4) is 0 Å². The fourth-order valence-corrected chi connectivity index (χ4v) is 7.15. The number of likely N-dealkylation sites (N-methyl/N-ethyl adjacent to an activating group) is 1. The fraction of sp³-hybridized carbons (Fsp3) is 0.833. The predicted octanol–water partition coefficient (Wildman–Crippen LogP) is 7.53. The van der Waals surface area contributed by atoms with E-state index in [9.17, 15) is 34.1 Å². The molecule has 0 radical (unpaired) electrons. The molecule has 1 unspecified atom stereocenters. The van der Waals surface area contributed by atoms with E-state index < -0.39 is 50.6 Å². The first-order valence-corrected chi connectivity index (χ1v) is 22.6. The second-order valence-electron chi connectivity index (χ2n) is 16.1. The van der Waals surface area contributed by atoms with Gasteiger partial charge in [-0.25, -0.2) is 0 Å². The highest BCUT2D eigenvalue weighted by Gasteiger charge is 2.39. The number of aliphatic hydroxyl groups is 2. The van der Waals surface area contributed by atoms with E-state index in [0.29, 0.717) is 43.1 Å². The number of aliphatic hydroxyl groups excluding tert-OH is 2. The van der Waals surface area contributed by atoms with E-state index in [-0.39, 0.29) is 44.2 Å². The summed E-state index contributed by atoms with van der Waals surface area (Å²) in [5.41, 5.74) is 0. The van der Waals surface area contributed by atoms with E-state index in [1.54, 1.807) is 12.2 Å². The molecule has 0 spiro atoms. The number of quaternary nitrogens is 1. The maximum absolute atomic E-state index is 12.8. The molecule has 2 N–H and O–H groups in total. The summed E-state index contributed by atoms with van der Waals surface area (Å²) >= 11 is 0. The van der Waals surface area contributed by atoms with Crippen molar-refractivity contribution in [3.05, 3.63) is 24.3 Å². The third kappa shape index (κ3) is 27.4. The smallest absolute Gasteiger partial charge is 0.306 e. The third-order valence-electron chi connectivity index (χ3n) is 9.85. The van der Waals surface area contributed by atoms with E-state index in [0.717, 1.165) is 70.6 Å². The number of nitrogens with zero attached hydrogens (tertiary/aromatic N) is 1. The predicted molar refractivity (Wildman–Crippen MR) is 214 cm³/mol. The van der Waals surface area contributed by atoms with Crippen LogP contribution in [0.5, 0.6) is 0 Å². The summed E-state index contributed by atoms with van der Waals surface area (Å²) in [5, 5.41) is 20.8. The van der Waals surface area contributed by atoms with Crippen LogP contribution in [-0.4, -0.2) is 98.2 Å². The molecular weight excluding hydrogens is 725 g/mol. The Labute approximate surface area is 332 Å². The Morgan fingerprint density at radius 3 is 2.15 bits per heavy atom. The number of esters is 2. The summed E-state index contributed by atoms with van der Waals surface area (Å²) in [7, 11) is 1.01. The minimum atomic E-state index is -4.69. The van der Waals surface area contributed by atoms with Crippen molar-refractivity contribution in [1.29, 1.82) is 0 Å². The lowest BCUT2D eigenvalue weighted by atomic mass is 9.88. The Morgan fingerprint density at radius 2 is 1.47 bits per heavy atom. The molecule has 0 heterocycles. The Kier molecular flexibility index (Phi) is 28.1. The number of phosphoric ester groups is 1. The van der Waals surface area contributed by atoms with Gasteiger partial charge in [-0.3, -0.25) is 18.9 Å².